The zero-order valence-electron chi connectivity index (χ0n) is 11.0. The molecule has 0 amide bonds. The van der Waals surface area contributed by atoms with Crippen LogP contribution in [-0.4, -0.2) is 33.3 Å². The van der Waals surface area contributed by atoms with Crippen molar-refractivity contribution < 1.29 is 19.0 Å². The van der Waals surface area contributed by atoms with E-state index in [4.69, 9.17) is 4.74 Å². The summed E-state index contributed by atoms with van der Waals surface area (Å²) >= 11 is 0. The number of nitrogens with zero attached hydrogens (tertiary/aromatic N) is 4. The second kappa shape index (κ2) is 6.04. The molecule has 0 radical (unpaired) electrons. The lowest BCUT2D eigenvalue weighted by atomic mass is 10.2. The van der Waals surface area contributed by atoms with Gasteiger partial charge in [-0.3, -0.25) is 9.59 Å². The lowest BCUT2D eigenvalue weighted by Crippen LogP contribution is -2.36. The Bertz CT molecular complexity index is 490. The average Bonchev–Trinajstić information content (AvgIpc) is 2.61. The van der Waals surface area contributed by atoms with E-state index in [0.29, 0.717) is 18.0 Å². The number of ketones is 2. The Labute approximate surface area is 105 Å². The van der Waals surface area contributed by atoms with Crippen LogP contribution >= 0.6 is 0 Å². The van der Waals surface area contributed by atoms with Gasteiger partial charge in [0.2, 0.25) is 0 Å². The summed E-state index contributed by atoms with van der Waals surface area (Å²) in [6.07, 6.45) is 1.37. The van der Waals surface area contributed by atoms with E-state index in [-0.39, 0.29) is 18.1 Å². The molecule has 0 saturated heterocycles. The molecule has 0 spiro atoms. The fourth-order valence-electron chi connectivity index (χ4n) is 1.45. The number of tetrazole rings is 1. The van der Waals surface area contributed by atoms with Crippen molar-refractivity contribution in [1.82, 2.24) is 15.1 Å². The van der Waals surface area contributed by atoms with Crippen LogP contribution < -0.4 is 4.68 Å². The van der Waals surface area contributed by atoms with Gasteiger partial charge in [-0.25, -0.2) is 0 Å². The highest BCUT2D eigenvalue weighted by atomic mass is 16.5. The summed E-state index contributed by atoms with van der Waals surface area (Å²) in [5, 5.41) is 7.64. The van der Waals surface area contributed by atoms with Gasteiger partial charge in [-0.2, -0.15) is 0 Å². The number of Topliss-reactive ketones (excluding diaryl/α,β-unsaturated/α-hetero) is 2. The molecule has 7 nitrogen and oxygen atoms in total. The van der Waals surface area contributed by atoms with Gasteiger partial charge in [-0.15, -0.1) is 4.68 Å². The monoisotopic (exact) mass is 253 g/mol. The minimum atomic E-state index is -0.175. The Balaban J connectivity index is 3.22. The van der Waals surface area contributed by atoms with Crippen molar-refractivity contribution in [2.45, 2.75) is 27.3 Å². The summed E-state index contributed by atoms with van der Waals surface area (Å²) in [7, 11) is 1.65. The third-order valence-corrected chi connectivity index (χ3v) is 2.19. The molecule has 1 rings (SSSR count). The molecular formula is C11H17N4O3+. The molecule has 0 saturated carbocycles. The molecule has 0 N–H and O–H groups in total. The summed E-state index contributed by atoms with van der Waals surface area (Å²) in [5.74, 6) is 0.207. The molecule has 0 aliphatic heterocycles. The fourth-order valence-corrected chi connectivity index (χ4v) is 1.45. The van der Waals surface area contributed by atoms with Crippen molar-refractivity contribution >= 4 is 17.1 Å². The molecular weight excluding hydrogens is 236 g/mol. The smallest absolute Gasteiger partial charge is 0.295 e. The summed E-state index contributed by atoms with van der Waals surface area (Å²) in [6.45, 7) is 5.22. The highest BCUT2D eigenvalue weighted by Gasteiger charge is 2.26. The predicted octanol–water partition coefficient (Wildman–Crippen LogP) is -0.342. The van der Waals surface area contributed by atoms with Crippen molar-refractivity contribution in [3.63, 3.8) is 0 Å². The van der Waals surface area contributed by atoms with Crippen molar-refractivity contribution in [3.05, 3.63) is 12.1 Å². The zero-order valence-corrected chi connectivity index (χ0v) is 11.0. The van der Waals surface area contributed by atoms with Gasteiger partial charge >= 0.3 is 0 Å². The number of carbonyl (C=O) groups is 2. The maximum absolute atomic E-state index is 11.6. The van der Waals surface area contributed by atoms with Gasteiger partial charge in [0.15, 0.2) is 23.3 Å². The SMILES string of the molecule is CCO/C=C(/C(C)=O)c1n(CC(C)=O)nn[n+]1C. The molecule has 0 aliphatic rings. The quantitative estimate of drug-likeness (QED) is 0.393. The predicted molar refractivity (Wildman–Crippen MR) is 62.2 cm³/mol. The van der Waals surface area contributed by atoms with E-state index in [1.807, 2.05) is 6.92 Å². The van der Waals surface area contributed by atoms with E-state index in [9.17, 15) is 9.59 Å². The van der Waals surface area contributed by atoms with Crippen LogP contribution in [0.2, 0.25) is 0 Å². The van der Waals surface area contributed by atoms with Crippen LogP contribution in [0, 0.1) is 0 Å². The second-order valence-corrected chi connectivity index (χ2v) is 3.83. The van der Waals surface area contributed by atoms with Crippen LogP contribution in [0.3, 0.4) is 0 Å². The zero-order chi connectivity index (χ0) is 13.7. The fraction of sp³-hybridized carbons (Fsp3) is 0.545. The van der Waals surface area contributed by atoms with Gasteiger partial charge in [0, 0.05) is 0 Å². The van der Waals surface area contributed by atoms with Crippen LogP contribution in [0.1, 0.15) is 26.6 Å². The summed E-state index contributed by atoms with van der Waals surface area (Å²) in [4.78, 5) is 22.8. The molecule has 1 heterocycles. The average molecular weight is 253 g/mol. The standard InChI is InChI=1S/C11H17N4O3/c1-5-18-7-10(9(3)17)11-14(4)12-13-15(11)6-8(2)16/h7H,5-6H2,1-4H3/q+1/b10-7-. The van der Waals surface area contributed by atoms with Gasteiger partial charge < -0.3 is 4.74 Å². The Morgan fingerprint density at radius 2 is 2.11 bits per heavy atom. The van der Waals surface area contributed by atoms with Crippen molar-refractivity contribution in [1.29, 1.82) is 0 Å². The third-order valence-electron chi connectivity index (χ3n) is 2.19. The molecule has 1 aromatic rings. The van der Waals surface area contributed by atoms with Crippen LogP contribution in [0.25, 0.3) is 5.57 Å². The first-order valence-corrected chi connectivity index (χ1v) is 5.59. The lowest BCUT2D eigenvalue weighted by molar-refractivity contribution is -0.733. The maximum Gasteiger partial charge on any atom is 0.295 e. The van der Waals surface area contributed by atoms with E-state index < -0.39 is 0 Å². The number of carbonyl (C=O) groups excluding carboxylic acids is 2. The highest BCUT2D eigenvalue weighted by molar-refractivity contribution is 6.17. The minimum Gasteiger partial charge on any atom is -0.500 e. The maximum atomic E-state index is 11.6. The Kier molecular flexibility index (Phi) is 4.70. The first-order chi connectivity index (χ1) is 8.47. The van der Waals surface area contributed by atoms with Gasteiger partial charge in [0.1, 0.15) is 17.0 Å². The van der Waals surface area contributed by atoms with E-state index in [1.54, 1.807) is 7.05 Å². The van der Waals surface area contributed by atoms with Gasteiger partial charge in [0.25, 0.3) is 5.82 Å². The Hall–Kier alpha value is -2.05. The molecule has 98 valence electrons. The van der Waals surface area contributed by atoms with E-state index in [0.717, 1.165) is 0 Å². The van der Waals surface area contributed by atoms with E-state index in [2.05, 4.69) is 10.4 Å². The molecule has 0 aliphatic carbocycles. The largest absolute Gasteiger partial charge is 0.500 e. The number of rotatable bonds is 6. The molecule has 0 bridgehead atoms. The Morgan fingerprint density at radius 3 is 2.61 bits per heavy atom. The van der Waals surface area contributed by atoms with Gasteiger partial charge in [-0.05, 0) is 20.8 Å². The van der Waals surface area contributed by atoms with E-state index in [1.165, 1.54) is 29.5 Å². The first-order valence-electron chi connectivity index (χ1n) is 5.59. The van der Waals surface area contributed by atoms with Crippen LogP contribution in [0.5, 0.6) is 0 Å². The third kappa shape index (κ3) is 3.22. The molecule has 18 heavy (non-hydrogen) atoms. The van der Waals surface area contributed by atoms with E-state index >= 15 is 0 Å². The number of hydrogen-bond donors (Lipinski definition) is 0. The van der Waals surface area contributed by atoms with Crippen molar-refractivity contribution in [3.8, 4) is 0 Å². The summed E-state index contributed by atoms with van der Waals surface area (Å²) in [6, 6.07) is 0. The molecule has 0 fully saturated rings. The lowest BCUT2D eigenvalue weighted by Gasteiger charge is -2.01. The Morgan fingerprint density at radius 1 is 1.44 bits per heavy atom. The number of aryl methyl sites for hydroxylation is 1. The van der Waals surface area contributed by atoms with Gasteiger partial charge in [-0.1, -0.05) is 4.68 Å². The van der Waals surface area contributed by atoms with Gasteiger partial charge in [0.05, 0.1) is 13.7 Å². The van der Waals surface area contributed by atoms with Crippen LogP contribution in [-0.2, 0) is 27.9 Å². The van der Waals surface area contributed by atoms with Crippen molar-refractivity contribution in [2.24, 2.45) is 7.05 Å². The summed E-state index contributed by atoms with van der Waals surface area (Å²) in [5.41, 5.74) is 0.339. The topological polar surface area (TPSA) is 78.0 Å². The van der Waals surface area contributed by atoms with Crippen molar-refractivity contribution in [2.75, 3.05) is 6.61 Å². The normalized spacial score (nSPS) is 11.4. The number of hydrogen-bond acceptors (Lipinski definition) is 5. The minimum absolute atomic E-state index is 0.0685. The second-order valence-electron chi connectivity index (χ2n) is 3.83. The number of allylic oxidation sites excluding steroid dienone is 1. The molecule has 1 aromatic heterocycles. The molecule has 0 unspecified atom stereocenters. The number of ether oxygens (including phenoxy) is 1. The van der Waals surface area contributed by atoms with Crippen LogP contribution in [0.4, 0.5) is 0 Å². The molecule has 0 aromatic carbocycles. The first kappa shape index (κ1) is 14.0. The highest BCUT2D eigenvalue weighted by Crippen LogP contribution is 2.10. The summed E-state index contributed by atoms with van der Waals surface area (Å²) < 4.78 is 7.97. The van der Waals surface area contributed by atoms with Crippen LogP contribution in [0.15, 0.2) is 6.26 Å². The number of aromatic nitrogens is 4. The molecule has 0 atom stereocenters. The molecule has 7 heteroatoms.